The van der Waals surface area contributed by atoms with Gasteiger partial charge in [0.25, 0.3) is 0 Å². The van der Waals surface area contributed by atoms with E-state index < -0.39 is 12.2 Å². The molecule has 0 aliphatic heterocycles. The van der Waals surface area contributed by atoms with Gasteiger partial charge in [0.05, 0.1) is 47.1 Å². The molecule has 0 fully saturated rings. The van der Waals surface area contributed by atoms with Gasteiger partial charge in [0.2, 0.25) is 0 Å². The SMILES string of the molecule is CCCCCCCCCCCCCCCCN(C)CCOCCOC(=O)Nc1ccc(Cc2ccc(NC(=O)OCCOCC[N+](C)(C)CCCCCCCCCCCCCCCC)cc2)cc1. The Morgan fingerprint density at radius 3 is 1.18 bits per heavy atom. The number of ether oxygens (including phenoxy) is 4. The van der Waals surface area contributed by atoms with E-state index in [0.717, 1.165) is 41.8 Å². The van der Waals surface area contributed by atoms with Gasteiger partial charge < -0.3 is 28.3 Å². The minimum atomic E-state index is -0.491. The minimum Gasteiger partial charge on any atom is -0.447 e. The summed E-state index contributed by atoms with van der Waals surface area (Å²) in [5.74, 6) is 0. The highest BCUT2D eigenvalue weighted by Gasteiger charge is 2.14. The zero-order chi connectivity index (χ0) is 49.0. The molecule has 10 heteroatoms. The number of likely N-dealkylation sites (N-methyl/N-ethyl adjacent to an activating group) is 2. The number of carbonyl (C=O) groups excluding carboxylic acids is 2. The molecule has 0 spiro atoms. The normalized spacial score (nSPS) is 11.6. The third kappa shape index (κ3) is 36.8. The van der Waals surface area contributed by atoms with Crippen molar-refractivity contribution in [1.29, 1.82) is 0 Å². The van der Waals surface area contributed by atoms with Crippen LogP contribution in [-0.2, 0) is 25.4 Å². The first kappa shape index (κ1) is 60.9. The maximum atomic E-state index is 12.4. The number of hydrogen-bond donors (Lipinski definition) is 2. The van der Waals surface area contributed by atoms with E-state index in [1.807, 2.05) is 48.5 Å². The maximum absolute atomic E-state index is 12.4. The molecule has 2 aromatic carbocycles. The van der Waals surface area contributed by atoms with E-state index >= 15 is 0 Å². The second-order valence-corrected chi connectivity index (χ2v) is 20.2. The van der Waals surface area contributed by atoms with Crippen molar-refractivity contribution in [2.45, 2.75) is 200 Å². The number of anilines is 2. The highest BCUT2D eigenvalue weighted by molar-refractivity contribution is 5.85. The van der Waals surface area contributed by atoms with Crippen LogP contribution in [0.1, 0.15) is 205 Å². The van der Waals surface area contributed by atoms with Gasteiger partial charge >= 0.3 is 12.2 Å². The summed E-state index contributed by atoms with van der Waals surface area (Å²) in [4.78, 5) is 27.0. The van der Waals surface area contributed by atoms with Crippen molar-refractivity contribution >= 4 is 23.6 Å². The molecule has 0 saturated heterocycles. The molecule has 0 aliphatic rings. The number of unbranched alkanes of at least 4 members (excludes halogenated alkanes) is 26. The van der Waals surface area contributed by atoms with E-state index in [4.69, 9.17) is 18.9 Å². The van der Waals surface area contributed by atoms with Crippen molar-refractivity contribution in [3.63, 3.8) is 0 Å². The molecule has 0 unspecified atom stereocenters. The number of carbonyl (C=O) groups is 2. The van der Waals surface area contributed by atoms with Gasteiger partial charge in [0, 0.05) is 17.9 Å². The van der Waals surface area contributed by atoms with Gasteiger partial charge in [-0.25, -0.2) is 9.59 Å². The quantitative estimate of drug-likeness (QED) is 0.0504. The van der Waals surface area contributed by atoms with Crippen LogP contribution in [-0.4, -0.2) is 109 Å². The van der Waals surface area contributed by atoms with Gasteiger partial charge in [-0.1, -0.05) is 199 Å². The third-order valence-electron chi connectivity index (χ3n) is 13.2. The summed E-state index contributed by atoms with van der Waals surface area (Å²) in [6, 6.07) is 15.4. The number of amides is 2. The first-order valence-corrected chi connectivity index (χ1v) is 27.9. The lowest BCUT2D eigenvalue weighted by Gasteiger charge is -2.29. The third-order valence-corrected chi connectivity index (χ3v) is 13.2. The van der Waals surface area contributed by atoms with E-state index in [-0.39, 0.29) is 13.2 Å². The summed E-state index contributed by atoms with van der Waals surface area (Å²) < 4.78 is 23.1. The van der Waals surface area contributed by atoms with Gasteiger partial charge in [-0.15, -0.1) is 0 Å². The Morgan fingerprint density at radius 2 is 0.779 bits per heavy atom. The number of nitrogens with one attached hydrogen (secondary N) is 2. The van der Waals surface area contributed by atoms with Crippen LogP contribution in [0.25, 0.3) is 0 Å². The van der Waals surface area contributed by atoms with Crippen LogP contribution in [0.4, 0.5) is 21.0 Å². The Hall–Kier alpha value is -3.18. The fourth-order valence-corrected chi connectivity index (χ4v) is 8.61. The van der Waals surface area contributed by atoms with Crippen molar-refractivity contribution < 1.29 is 33.0 Å². The van der Waals surface area contributed by atoms with Crippen LogP contribution in [0.5, 0.6) is 0 Å². The second kappa shape index (κ2) is 42.7. The molecule has 0 atom stereocenters. The number of quaternary nitrogens is 1. The van der Waals surface area contributed by atoms with Crippen molar-refractivity contribution in [3.8, 4) is 0 Å². The Balaban J connectivity index is 1.42. The summed E-state index contributed by atoms with van der Waals surface area (Å²) in [6.07, 6.45) is 38.4. The molecule has 2 amide bonds. The lowest BCUT2D eigenvalue weighted by molar-refractivity contribution is -0.891. The molecule has 390 valence electrons. The highest BCUT2D eigenvalue weighted by Crippen LogP contribution is 2.18. The topological polar surface area (TPSA) is 98.4 Å². The predicted octanol–water partition coefficient (Wildman–Crippen LogP) is 15.4. The van der Waals surface area contributed by atoms with Gasteiger partial charge in [0.1, 0.15) is 19.8 Å². The molecule has 0 radical (unpaired) electrons. The average molecular weight is 952 g/mol. The average Bonchev–Trinajstić information content (AvgIpc) is 3.32. The summed E-state index contributed by atoms with van der Waals surface area (Å²) in [7, 11) is 6.69. The van der Waals surface area contributed by atoms with Crippen LogP contribution in [0.3, 0.4) is 0 Å². The molecule has 0 bridgehead atoms. The van der Waals surface area contributed by atoms with Gasteiger partial charge in [-0.2, -0.15) is 0 Å². The molecule has 10 nitrogen and oxygen atoms in total. The Labute approximate surface area is 417 Å². The van der Waals surface area contributed by atoms with Crippen molar-refractivity contribution in [1.82, 2.24) is 4.90 Å². The van der Waals surface area contributed by atoms with Gasteiger partial charge in [-0.05, 0) is 74.7 Å². The maximum Gasteiger partial charge on any atom is 0.411 e. The number of rotatable bonds is 46. The zero-order valence-electron chi connectivity index (χ0n) is 44.5. The van der Waals surface area contributed by atoms with E-state index in [1.165, 1.54) is 180 Å². The predicted molar refractivity (Wildman–Crippen MR) is 287 cm³/mol. The Bertz CT molecular complexity index is 1460. The first-order valence-electron chi connectivity index (χ1n) is 27.9. The fourth-order valence-electron chi connectivity index (χ4n) is 8.61. The van der Waals surface area contributed by atoms with E-state index in [0.29, 0.717) is 44.2 Å². The molecule has 68 heavy (non-hydrogen) atoms. The summed E-state index contributed by atoms with van der Waals surface area (Å²) in [6.45, 7) is 11.1. The molecule has 0 saturated carbocycles. The zero-order valence-corrected chi connectivity index (χ0v) is 44.5. The van der Waals surface area contributed by atoms with E-state index in [2.05, 4.69) is 50.5 Å². The molecular formula is C58H103N4O6+. The molecule has 0 aromatic heterocycles. The number of hydrogen-bond acceptors (Lipinski definition) is 7. The summed E-state index contributed by atoms with van der Waals surface area (Å²) in [5.41, 5.74) is 3.55. The Morgan fingerprint density at radius 1 is 0.426 bits per heavy atom. The molecule has 2 aromatic rings. The monoisotopic (exact) mass is 952 g/mol. The lowest BCUT2D eigenvalue weighted by Crippen LogP contribution is -2.43. The first-order chi connectivity index (χ1) is 33.2. The van der Waals surface area contributed by atoms with Crippen molar-refractivity contribution in [3.05, 3.63) is 59.7 Å². The van der Waals surface area contributed by atoms with Crippen molar-refractivity contribution in [2.24, 2.45) is 0 Å². The van der Waals surface area contributed by atoms with E-state index in [1.54, 1.807) is 0 Å². The smallest absolute Gasteiger partial charge is 0.411 e. The summed E-state index contributed by atoms with van der Waals surface area (Å²) >= 11 is 0. The molecular weight excluding hydrogens is 849 g/mol. The minimum absolute atomic E-state index is 0.210. The van der Waals surface area contributed by atoms with Gasteiger partial charge in [-0.3, -0.25) is 10.6 Å². The fraction of sp³-hybridized carbons (Fsp3) is 0.759. The largest absolute Gasteiger partial charge is 0.447 e. The van der Waals surface area contributed by atoms with Gasteiger partial charge in [0.15, 0.2) is 0 Å². The molecule has 2 rings (SSSR count). The molecule has 2 N–H and O–H groups in total. The van der Waals surface area contributed by atoms with Crippen LogP contribution in [0.15, 0.2) is 48.5 Å². The number of benzene rings is 2. The Kier molecular flexibility index (Phi) is 38.2. The van der Waals surface area contributed by atoms with Crippen molar-refractivity contribution in [2.75, 3.05) is 97.6 Å². The van der Waals surface area contributed by atoms with E-state index in [9.17, 15) is 9.59 Å². The summed E-state index contributed by atoms with van der Waals surface area (Å²) in [5, 5.41) is 5.60. The highest BCUT2D eigenvalue weighted by atomic mass is 16.6. The standard InChI is InChI=1S/C58H102N4O6/c1-6-8-10-12-14-16-18-20-22-24-26-28-30-32-42-61(3)43-46-65-48-50-67-57(63)59-55-38-34-53(35-39-55)52-54-36-40-56(41-37-54)60-58(64)68-51-49-66-47-45-62(4,5)44-33-31-29-27-25-23-21-19-17-15-13-11-9-7-2/h34-41H,6-33,42-52H2,1-5H3,(H-,59,60,63,64)/p+1. The van der Waals surface area contributed by atoms with Crippen LogP contribution < -0.4 is 10.6 Å². The number of nitrogens with zero attached hydrogens (tertiary/aromatic N) is 2. The molecule has 0 heterocycles. The lowest BCUT2D eigenvalue weighted by atomic mass is 10.0. The van der Waals surface area contributed by atoms with Crippen LogP contribution in [0, 0.1) is 0 Å². The van der Waals surface area contributed by atoms with Crippen LogP contribution >= 0.6 is 0 Å². The molecule has 0 aliphatic carbocycles. The van der Waals surface area contributed by atoms with Crippen LogP contribution in [0.2, 0.25) is 0 Å². The second-order valence-electron chi connectivity index (χ2n) is 20.2.